The molecular weight excluding hydrogens is 402 g/mol. The first-order valence-corrected chi connectivity index (χ1v) is 11.0. The molecular formula is C20H24ClNO5S. The summed E-state index contributed by atoms with van der Waals surface area (Å²) in [4.78, 5) is 11.4. The van der Waals surface area contributed by atoms with Gasteiger partial charge in [-0.05, 0) is 49.2 Å². The number of nitrogens with one attached hydrogen (secondary N) is 1. The zero-order chi connectivity index (χ0) is 20.9. The largest absolute Gasteiger partial charge is 0.478 e. The third kappa shape index (κ3) is 5.17. The van der Waals surface area contributed by atoms with E-state index >= 15 is 0 Å². The van der Waals surface area contributed by atoms with Crippen molar-refractivity contribution in [3.05, 3.63) is 46.5 Å². The number of carbonyl (C=O) groups is 1. The fourth-order valence-electron chi connectivity index (χ4n) is 2.55. The van der Waals surface area contributed by atoms with Crippen molar-refractivity contribution in [3.63, 3.8) is 0 Å². The van der Waals surface area contributed by atoms with Gasteiger partial charge in [0.05, 0.1) is 17.0 Å². The van der Waals surface area contributed by atoms with Crippen LogP contribution in [0.5, 0.6) is 11.5 Å². The first kappa shape index (κ1) is 22.0. The second-order valence-corrected chi connectivity index (χ2v) is 9.01. The van der Waals surface area contributed by atoms with E-state index in [1.807, 2.05) is 13.8 Å². The van der Waals surface area contributed by atoms with Crippen LogP contribution < -0.4 is 10.1 Å². The van der Waals surface area contributed by atoms with Gasteiger partial charge in [-0.3, -0.25) is 0 Å². The zero-order valence-corrected chi connectivity index (χ0v) is 17.7. The average Bonchev–Trinajstić information content (AvgIpc) is 2.65. The van der Waals surface area contributed by atoms with Crippen molar-refractivity contribution >= 4 is 33.1 Å². The summed E-state index contributed by atoms with van der Waals surface area (Å²) in [7, 11) is -3.73. The van der Waals surface area contributed by atoms with E-state index in [2.05, 4.69) is 5.32 Å². The van der Waals surface area contributed by atoms with Gasteiger partial charge < -0.3 is 15.2 Å². The number of aryl methyl sites for hydroxylation is 1. The Morgan fingerprint density at radius 3 is 2.50 bits per heavy atom. The number of unbranched alkanes of at least 4 members (excludes halogenated alkanes) is 1. The highest BCUT2D eigenvalue weighted by Gasteiger charge is 2.25. The minimum atomic E-state index is -3.73. The van der Waals surface area contributed by atoms with Crippen molar-refractivity contribution in [2.24, 2.45) is 0 Å². The van der Waals surface area contributed by atoms with Crippen molar-refractivity contribution in [2.45, 2.75) is 38.5 Å². The Balaban J connectivity index is 2.65. The highest BCUT2D eigenvalue weighted by atomic mass is 35.5. The molecule has 6 nitrogen and oxygen atoms in total. The summed E-state index contributed by atoms with van der Waals surface area (Å²) in [6.45, 7) is 5.90. The molecule has 0 aromatic heterocycles. The number of halogens is 1. The molecule has 2 aromatic carbocycles. The maximum Gasteiger partial charge on any atom is 0.335 e. The number of hydrogen-bond acceptors (Lipinski definition) is 5. The van der Waals surface area contributed by atoms with Crippen molar-refractivity contribution in [1.29, 1.82) is 0 Å². The third-order valence-electron chi connectivity index (χ3n) is 4.21. The molecule has 0 atom stereocenters. The molecule has 0 heterocycles. The van der Waals surface area contributed by atoms with Crippen LogP contribution in [0.25, 0.3) is 0 Å². The molecule has 2 aromatic rings. The normalized spacial score (nSPS) is 11.3. The monoisotopic (exact) mass is 425 g/mol. The molecule has 0 aliphatic carbocycles. The lowest BCUT2D eigenvalue weighted by Gasteiger charge is -2.18. The van der Waals surface area contributed by atoms with Crippen LogP contribution in [0.15, 0.2) is 35.2 Å². The predicted octanol–water partition coefficient (Wildman–Crippen LogP) is 5.14. The summed E-state index contributed by atoms with van der Waals surface area (Å²) in [6.07, 6.45) is 1.77. The van der Waals surface area contributed by atoms with E-state index in [4.69, 9.17) is 16.3 Å². The topological polar surface area (TPSA) is 92.7 Å². The first-order valence-electron chi connectivity index (χ1n) is 9.01. The number of benzene rings is 2. The second-order valence-electron chi connectivity index (χ2n) is 6.35. The molecule has 0 radical (unpaired) electrons. The summed E-state index contributed by atoms with van der Waals surface area (Å²) in [5.74, 6) is -0.888. The number of ether oxygens (including phenoxy) is 1. The minimum Gasteiger partial charge on any atom is -0.478 e. The van der Waals surface area contributed by atoms with Gasteiger partial charge in [-0.25, -0.2) is 13.2 Å². The Labute approximate surface area is 170 Å². The van der Waals surface area contributed by atoms with Crippen molar-refractivity contribution in [3.8, 4) is 11.5 Å². The molecule has 0 fully saturated rings. The lowest BCUT2D eigenvalue weighted by molar-refractivity contribution is 0.0696. The number of aromatic carboxylic acids is 1. The van der Waals surface area contributed by atoms with Gasteiger partial charge in [-0.15, -0.1) is 0 Å². The molecule has 8 heteroatoms. The molecule has 0 bridgehead atoms. The molecule has 2 N–H and O–H groups in total. The van der Waals surface area contributed by atoms with Crippen molar-refractivity contribution in [2.75, 3.05) is 17.6 Å². The van der Waals surface area contributed by atoms with Gasteiger partial charge in [0.2, 0.25) is 0 Å². The number of carboxylic acid groups (broad SMARTS) is 1. The number of rotatable bonds is 9. The lowest BCUT2D eigenvalue weighted by atomic mass is 10.1. The Morgan fingerprint density at radius 2 is 1.93 bits per heavy atom. The van der Waals surface area contributed by atoms with Crippen LogP contribution >= 0.6 is 11.6 Å². The third-order valence-corrected chi connectivity index (χ3v) is 6.37. The van der Waals surface area contributed by atoms with Gasteiger partial charge >= 0.3 is 5.97 Å². The van der Waals surface area contributed by atoms with E-state index < -0.39 is 15.8 Å². The summed E-state index contributed by atoms with van der Waals surface area (Å²) in [5, 5.41) is 13.1. The molecule has 0 spiro atoms. The number of hydrogen-bond donors (Lipinski definition) is 2. The molecule has 0 amide bonds. The van der Waals surface area contributed by atoms with E-state index in [1.54, 1.807) is 18.2 Å². The van der Waals surface area contributed by atoms with E-state index in [-0.39, 0.29) is 22.0 Å². The predicted molar refractivity (Wildman–Crippen MR) is 111 cm³/mol. The van der Waals surface area contributed by atoms with E-state index in [1.165, 1.54) is 13.0 Å². The number of carboxylic acids is 1. The Kier molecular flexibility index (Phi) is 7.32. The van der Waals surface area contributed by atoms with Gasteiger partial charge in [-0.1, -0.05) is 31.9 Å². The van der Waals surface area contributed by atoms with Gasteiger partial charge in [0.15, 0.2) is 15.6 Å². The van der Waals surface area contributed by atoms with E-state index in [0.717, 1.165) is 24.5 Å². The molecule has 152 valence electrons. The minimum absolute atomic E-state index is 0.0877. The number of anilines is 1. The van der Waals surface area contributed by atoms with Gasteiger partial charge in [-0.2, -0.15) is 0 Å². The summed E-state index contributed by atoms with van der Waals surface area (Å²) < 4.78 is 31.3. The quantitative estimate of drug-likeness (QED) is 0.540. The second kappa shape index (κ2) is 9.30. The molecule has 0 saturated carbocycles. The molecule has 0 saturated heterocycles. The maximum atomic E-state index is 12.7. The smallest absolute Gasteiger partial charge is 0.335 e. The molecule has 0 unspecified atom stereocenters. The lowest BCUT2D eigenvalue weighted by Crippen LogP contribution is -2.12. The van der Waals surface area contributed by atoms with Gasteiger partial charge in [0.25, 0.3) is 0 Å². The van der Waals surface area contributed by atoms with Crippen molar-refractivity contribution < 1.29 is 23.1 Å². The Hall–Kier alpha value is -2.25. The Morgan fingerprint density at radius 1 is 1.21 bits per heavy atom. The fourth-order valence-corrected chi connectivity index (χ4v) is 3.72. The summed E-state index contributed by atoms with van der Waals surface area (Å²) in [6, 6.07) is 7.54. The maximum absolute atomic E-state index is 12.7. The standard InChI is InChI=1S/C20H24ClNO5S/c1-4-6-9-22-17-11-14(20(23)24)12-18(28(25,26)5-2)19(17)27-15-7-8-16(21)13(3)10-15/h7-8,10-12,22H,4-6,9H2,1-3H3,(H,23,24). The van der Waals surface area contributed by atoms with Crippen LogP contribution in [0.4, 0.5) is 5.69 Å². The SMILES string of the molecule is CCCCNc1cc(C(=O)O)cc(S(=O)(=O)CC)c1Oc1ccc(Cl)c(C)c1. The van der Waals surface area contributed by atoms with Crippen molar-refractivity contribution in [1.82, 2.24) is 0 Å². The van der Waals surface area contributed by atoms with Crippen LogP contribution in [0.2, 0.25) is 5.02 Å². The van der Waals surface area contributed by atoms with Crippen LogP contribution in [0, 0.1) is 6.92 Å². The van der Waals surface area contributed by atoms with Crippen LogP contribution in [0.1, 0.15) is 42.6 Å². The summed E-state index contributed by atoms with van der Waals surface area (Å²) in [5.41, 5.74) is 0.986. The Bertz CT molecular complexity index is 973. The van der Waals surface area contributed by atoms with Crippen LogP contribution in [0.3, 0.4) is 0 Å². The molecule has 0 aliphatic rings. The summed E-state index contributed by atoms with van der Waals surface area (Å²) >= 11 is 6.05. The first-order chi connectivity index (χ1) is 13.2. The van der Waals surface area contributed by atoms with E-state index in [9.17, 15) is 18.3 Å². The highest BCUT2D eigenvalue weighted by molar-refractivity contribution is 7.91. The van der Waals surface area contributed by atoms with Gasteiger partial charge in [0.1, 0.15) is 10.6 Å². The van der Waals surface area contributed by atoms with Gasteiger partial charge in [0, 0.05) is 11.6 Å². The molecule has 0 aliphatic heterocycles. The number of sulfone groups is 1. The fraction of sp³-hybridized carbons (Fsp3) is 0.350. The zero-order valence-electron chi connectivity index (χ0n) is 16.1. The van der Waals surface area contributed by atoms with Crippen LogP contribution in [-0.2, 0) is 9.84 Å². The molecule has 2 rings (SSSR count). The average molecular weight is 426 g/mol. The van der Waals surface area contributed by atoms with Crippen LogP contribution in [-0.4, -0.2) is 31.8 Å². The highest BCUT2D eigenvalue weighted by Crippen LogP contribution is 2.39. The molecule has 28 heavy (non-hydrogen) atoms. The van der Waals surface area contributed by atoms with E-state index in [0.29, 0.717) is 23.0 Å².